The molecule has 2 N–H and O–H groups in total. The highest BCUT2D eigenvalue weighted by molar-refractivity contribution is 5.74. The maximum atomic E-state index is 13.3. The average molecular weight is 382 g/mol. The van der Waals surface area contributed by atoms with Crippen molar-refractivity contribution in [3.05, 3.63) is 65.5 Å². The predicted octanol–water partition coefficient (Wildman–Crippen LogP) is 6.60. The van der Waals surface area contributed by atoms with Crippen LogP contribution in [0.5, 0.6) is 0 Å². The molecule has 0 spiro atoms. The van der Waals surface area contributed by atoms with Gasteiger partial charge in [0.15, 0.2) is 0 Å². The number of halogens is 4. The lowest BCUT2D eigenvalue weighted by Crippen LogP contribution is -2.16. The maximum Gasteiger partial charge on any atom is 0.279 e. The second-order valence-corrected chi connectivity index (χ2v) is 5.79. The van der Waals surface area contributed by atoms with Crippen LogP contribution in [-0.4, -0.2) is 6.21 Å². The molecule has 0 bridgehead atoms. The van der Waals surface area contributed by atoms with Crippen LogP contribution in [0.3, 0.4) is 0 Å². The third-order valence-electron chi connectivity index (χ3n) is 3.54. The number of benzene rings is 2. The first-order valence-electron chi connectivity index (χ1n) is 8.48. The minimum Gasteiger partial charge on any atom is -0.396 e. The third kappa shape index (κ3) is 7.62. The van der Waals surface area contributed by atoms with Crippen molar-refractivity contribution in [3.63, 3.8) is 0 Å². The zero-order chi connectivity index (χ0) is 20.4. The normalized spacial score (nSPS) is 12.0. The van der Waals surface area contributed by atoms with Crippen LogP contribution in [-0.2, 0) is 0 Å². The maximum absolute atomic E-state index is 13.3. The van der Waals surface area contributed by atoms with Gasteiger partial charge in [-0.05, 0) is 32.4 Å². The van der Waals surface area contributed by atoms with Crippen molar-refractivity contribution in [2.24, 2.45) is 4.99 Å². The van der Waals surface area contributed by atoms with Gasteiger partial charge in [0.05, 0.1) is 24.8 Å². The Hall–Kier alpha value is -2.67. The van der Waals surface area contributed by atoms with Gasteiger partial charge in [-0.3, -0.25) is 4.99 Å². The Morgan fingerprint density at radius 3 is 2.22 bits per heavy atom. The highest BCUT2D eigenvalue weighted by Gasteiger charge is 2.34. The molecular weight excluding hydrogens is 358 g/mol. The fourth-order valence-electron chi connectivity index (χ4n) is 2.01. The molecule has 0 amide bonds. The number of rotatable bonds is 5. The molecule has 0 aliphatic rings. The van der Waals surface area contributed by atoms with Gasteiger partial charge in [0.1, 0.15) is 5.82 Å². The molecule has 27 heavy (non-hydrogen) atoms. The van der Waals surface area contributed by atoms with Crippen molar-refractivity contribution in [3.8, 4) is 0 Å². The summed E-state index contributed by atoms with van der Waals surface area (Å²) in [5.74, 6) is -0.400. The van der Waals surface area contributed by atoms with Gasteiger partial charge in [-0.15, -0.1) is 0 Å². The van der Waals surface area contributed by atoms with Crippen LogP contribution in [0.15, 0.2) is 53.5 Å². The number of aliphatic imine (C=N–C) groups is 1. The molecule has 0 unspecified atom stereocenters. The van der Waals surface area contributed by atoms with E-state index in [4.69, 9.17) is 5.73 Å². The molecule has 7 heteroatoms. The lowest BCUT2D eigenvalue weighted by molar-refractivity contribution is -0.279. The van der Waals surface area contributed by atoms with Gasteiger partial charge in [0.25, 0.3) is 10.8 Å². The zero-order valence-corrected chi connectivity index (χ0v) is 15.6. The number of nitrogens with two attached hydrogens (primary N) is 1. The molecule has 146 valence electrons. The van der Waals surface area contributed by atoms with Gasteiger partial charge >= 0.3 is 0 Å². The SMILES string of the molecule is C/C=C(\N=CCCC)c1ccc(N)c(F)c1.Cc1ccc([N+](F)(F)F)cc1. The Bertz CT molecular complexity index is 779. The first-order valence-corrected chi connectivity index (χ1v) is 8.48. The molecule has 0 aromatic heterocycles. The van der Waals surface area contributed by atoms with Crippen LogP contribution in [0.4, 0.5) is 29.2 Å². The van der Waals surface area contributed by atoms with Gasteiger partial charge in [-0.25, -0.2) is 4.39 Å². The lowest BCUT2D eigenvalue weighted by Gasteiger charge is -2.03. The Morgan fingerprint density at radius 1 is 1.11 bits per heavy atom. The van der Waals surface area contributed by atoms with E-state index in [1.54, 1.807) is 19.1 Å². The van der Waals surface area contributed by atoms with Crippen molar-refractivity contribution < 1.29 is 17.8 Å². The van der Waals surface area contributed by atoms with Crippen molar-refractivity contribution in [2.75, 3.05) is 5.73 Å². The van der Waals surface area contributed by atoms with Gasteiger partial charge in [0, 0.05) is 23.9 Å². The number of quaternary nitrogens is 1. The molecule has 0 heterocycles. The van der Waals surface area contributed by atoms with E-state index in [1.807, 2.05) is 19.2 Å². The summed E-state index contributed by atoms with van der Waals surface area (Å²) in [5, 5.41) is -3.61. The molecule has 0 aliphatic carbocycles. The highest BCUT2D eigenvalue weighted by Crippen LogP contribution is 2.25. The fraction of sp³-hybridized carbons (Fsp3) is 0.250. The van der Waals surface area contributed by atoms with Gasteiger partial charge in [-0.2, -0.15) is 0 Å². The molecule has 0 radical (unpaired) electrons. The summed E-state index contributed by atoms with van der Waals surface area (Å²) in [6, 6.07) is 9.71. The lowest BCUT2D eigenvalue weighted by atomic mass is 10.1. The molecule has 0 fully saturated rings. The summed E-state index contributed by atoms with van der Waals surface area (Å²) in [6.07, 6.45) is 5.69. The molecule has 2 aromatic carbocycles. The Labute approximate surface area is 156 Å². The first-order chi connectivity index (χ1) is 12.7. The van der Waals surface area contributed by atoms with Gasteiger partial charge in [0.2, 0.25) is 0 Å². The number of nitrogen functional groups attached to an aromatic ring is 1. The van der Waals surface area contributed by atoms with Crippen molar-refractivity contribution in [1.29, 1.82) is 0 Å². The van der Waals surface area contributed by atoms with E-state index in [0.29, 0.717) is 0 Å². The third-order valence-corrected chi connectivity index (χ3v) is 3.54. The number of hydrogen-bond donors (Lipinski definition) is 1. The molecule has 2 aromatic rings. The standard InChI is InChI=1S/C13H17FN2.C7H7F3N/c1-3-5-8-16-13(4-2)10-6-7-12(15)11(14)9-10;1-6-2-4-7(5-3-6)11(8,9)10/h4,6-9H,3,5,15H2,1-2H3;2-5H,1H3/q;+1/b13-4-,16-8?;. The Morgan fingerprint density at radius 2 is 1.74 bits per heavy atom. The second-order valence-electron chi connectivity index (χ2n) is 5.79. The zero-order valence-electron chi connectivity index (χ0n) is 15.6. The second kappa shape index (κ2) is 10.5. The minimum atomic E-state index is -3.61. The fourth-order valence-corrected chi connectivity index (χ4v) is 2.01. The number of allylic oxidation sites excluding steroid dienone is 1. The number of hydrogen-bond acceptors (Lipinski definition) is 2. The van der Waals surface area contributed by atoms with E-state index >= 15 is 0 Å². The van der Waals surface area contributed by atoms with E-state index in [9.17, 15) is 17.8 Å². The summed E-state index contributed by atoms with van der Waals surface area (Å²) in [6.45, 7) is 5.71. The Kier molecular flexibility index (Phi) is 8.68. The van der Waals surface area contributed by atoms with Crippen LogP contribution < -0.4 is 10.9 Å². The minimum absolute atomic E-state index is 0.164. The molecule has 3 nitrogen and oxygen atoms in total. The van der Waals surface area contributed by atoms with Crippen molar-refractivity contribution in [1.82, 2.24) is 5.15 Å². The van der Waals surface area contributed by atoms with E-state index in [1.165, 1.54) is 18.2 Å². The average Bonchev–Trinajstić information content (AvgIpc) is 2.61. The van der Waals surface area contributed by atoms with Gasteiger partial charge < -0.3 is 5.73 Å². The molecule has 0 saturated heterocycles. The van der Waals surface area contributed by atoms with E-state index in [0.717, 1.165) is 41.8 Å². The molecule has 0 aliphatic heterocycles. The molecule has 0 atom stereocenters. The van der Waals surface area contributed by atoms with E-state index < -0.39 is 16.7 Å². The quantitative estimate of drug-likeness (QED) is 0.269. The summed E-state index contributed by atoms with van der Waals surface area (Å²) >= 11 is 0. The molecular formula is C20H24F4N3+. The number of aryl methyl sites for hydroxylation is 1. The van der Waals surface area contributed by atoms with E-state index in [2.05, 4.69) is 11.9 Å². The Balaban J connectivity index is 0.000000289. The summed E-state index contributed by atoms with van der Waals surface area (Å²) in [5.41, 5.74) is 7.27. The monoisotopic (exact) mass is 382 g/mol. The number of nitrogens with zero attached hydrogens (tertiary/aromatic N) is 2. The predicted molar refractivity (Wildman–Crippen MR) is 104 cm³/mol. The summed E-state index contributed by atoms with van der Waals surface area (Å²) in [4.78, 5) is 4.30. The van der Waals surface area contributed by atoms with Crippen LogP contribution in [0.1, 0.15) is 37.8 Å². The molecule has 0 saturated carbocycles. The van der Waals surface area contributed by atoms with Crippen LogP contribution >= 0.6 is 0 Å². The van der Waals surface area contributed by atoms with Crippen molar-refractivity contribution >= 4 is 23.3 Å². The van der Waals surface area contributed by atoms with Crippen LogP contribution in [0, 0.1) is 12.7 Å². The smallest absolute Gasteiger partial charge is 0.279 e. The van der Waals surface area contributed by atoms with Crippen molar-refractivity contribution in [2.45, 2.75) is 33.6 Å². The summed E-state index contributed by atoms with van der Waals surface area (Å²) < 4.78 is 48.8. The van der Waals surface area contributed by atoms with Crippen LogP contribution in [0.25, 0.3) is 5.70 Å². The molecule has 2 rings (SSSR count). The number of anilines is 1. The van der Waals surface area contributed by atoms with Crippen LogP contribution in [0.2, 0.25) is 0 Å². The first kappa shape index (κ1) is 22.4. The topological polar surface area (TPSA) is 38.4 Å². The summed E-state index contributed by atoms with van der Waals surface area (Å²) in [7, 11) is 0. The van der Waals surface area contributed by atoms with E-state index in [-0.39, 0.29) is 5.69 Å². The van der Waals surface area contributed by atoms with Gasteiger partial charge in [-0.1, -0.05) is 43.2 Å². The largest absolute Gasteiger partial charge is 0.396 e. The number of unbranched alkanes of at least 4 members (excludes halogenated alkanes) is 1. The highest BCUT2D eigenvalue weighted by atomic mass is 19.6.